The van der Waals surface area contributed by atoms with Gasteiger partial charge in [0, 0.05) is 5.56 Å². The molecule has 0 radical (unpaired) electrons. The summed E-state index contributed by atoms with van der Waals surface area (Å²) < 4.78 is 5.20. The minimum atomic E-state index is -0.806. The van der Waals surface area contributed by atoms with Crippen molar-refractivity contribution >= 4 is 5.97 Å². The molecular weight excluding hydrogens is 192 g/mol. The van der Waals surface area contributed by atoms with Crippen molar-refractivity contribution < 1.29 is 14.6 Å². The van der Waals surface area contributed by atoms with Crippen LogP contribution in [0.5, 0.6) is 5.75 Å². The Balaban J connectivity index is 3.16. The number of carbonyl (C=O) groups is 1. The number of carboxylic acids is 1. The number of aryl methyl sites for hydroxylation is 1. The first kappa shape index (κ1) is 11.6. The molecule has 0 heterocycles. The molecule has 0 aliphatic rings. The molecule has 1 rings (SSSR count). The van der Waals surface area contributed by atoms with E-state index in [0.29, 0.717) is 12.2 Å². The smallest absolute Gasteiger partial charge is 0.311 e. The molecule has 0 bridgehead atoms. The molecule has 1 aromatic rings. The average Bonchev–Trinajstić information content (AvgIpc) is 2.20. The number of hydrogen-bond donors (Lipinski definition) is 1. The standard InChI is InChI=1S/C12H16O3/c1-4-9(12(13)14)10-6-5-8(2)7-11(10)15-3/h5-7,9H,4H2,1-3H3,(H,13,14). The minimum absolute atomic E-state index is 0.486. The maximum atomic E-state index is 11.0. The number of ether oxygens (including phenoxy) is 1. The molecule has 3 nitrogen and oxygen atoms in total. The van der Waals surface area contributed by atoms with Gasteiger partial charge >= 0.3 is 5.97 Å². The van der Waals surface area contributed by atoms with Crippen LogP contribution < -0.4 is 4.74 Å². The summed E-state index contributed by atoms with van der Waals surface area (Å²) in [7, 11) is 1.56. The molecule has 0 amide bonds. The predicted octanol–water partition coefficient (Wildman–Crippen LogP) is 2.58. The topological polar surface area (TPSA) is 46.5 Å². The molecule has 0 spiro atoms. The highest BCUT2D eigenvalue weighted by atomic mass is 16.5. The molecule has 0 saturated heterocycles. The molecule has 0 saturated carbocycles. The van der Waals surface area contributed by atoms with Gasteiger partial charge in [-0.25, -0.2) is 0 Å². The quantitative estimate of drug-likeness (QED) is 0.827. The Morgan fingerprint density at radius 1 is 1.53 bits per heavy atom. The summed E-state index contributed by atoms with van der Waals surface area (Å²) in [5.74, 6) is -0.635. The van der Waals surface area contributed by atoms with E-state index >= 15 is 0 Å². The van der Waals surface area contributed by atoms with Crippen LogP contribution in [-0.2, 0) is 4.79 Å². The van der Waals surface area contributed by atoms with E-state index in [4.69, 9.17) is 9.84 Å². The first-order valence-corrected chi connectivity index (χ1v) is 4.97. The molecule has 0 aliphatic heterocycles. The van der Waals surface area contributed by atoms with Gasteiger partial charge in [0.1, 0.15) is 5.75 Å². The largest absolute Gasteiger partial charge is 0.496 e. The Hall–Kier alpha value is -1.51. The van der Waals surface area contributed by atoms with Crippen molar-refractivity contribution in [3.8, 4) is 5.75 Å². The first-order valence-electron chi connectivity index (χ1n) is 4.97. The van der Waals surface area contributed by atoms with E-state index in [1.165, 1.54) is 0 Å². The SMILES string of the molecule is CCC(C(=O)O)c1ccc(C)cc1OC. The van der Waals surface area contributed by atoms with Crippen molar-refractivity contribution in [1.82, 2.24) is 0 Å². The lowest BCUT2D eigenvalue weighted by molar-refractivity contribution is -0.138. The van der Waals surface area contributed by atoms with Gasteiger partial charge in [-0.15, -0.1) is 0 Å². The number of rotatable bonds is 4. The highest BCUT2D eigenvalue weighted by Crippen LogP contribution is 2.29. The van der Waals surface area contributed by atoms with E-state index in [0.717, 1.165) is 11.1 Å². The normalized spacial score (nSPS) is 12.2. The summed E-state index contributed by atoms with van der Waals surface area (Å²) in [6.07, 6.45) is 0.564. The zero-order valence-electron chi connectivity index (χ0n) is 9.28. The van der Waals surface area contributed by atoms with Crippen LogP contribution >= 0.6 is 0 Å². The summed E-state index contributed by atoms with van der Waals surface area (Å²) in [6, 6.07) is 5.60. The van der Waals surface area contributed by atoms with Crippen LogP contribution in [0.2, 0.25) is 0 Å². The first-order chi connectivity index (χ1) is 7.10. The molecule has 3 heteroatoms. The fourth-order valence-corrected chi connectivity index (χ4v) is 1.63. The van der Waals surface area contributed by atoms with Gasteiger partial charge in [-0.2, -0.15) is 0 Å². The van der Waals surface area contributed by atoms with Crippen LogP contribution in [0.3, 0.4) is 0 Å². The van der Waals surface area contributed by atoms with Crippen LogP contribution in [0.25, 0.3) is 0 Å². The molecule has 1 atom stereocenters. The van der Waals surface area contributed by atoms with Crippen molar-refractivity contribution in [1.29, 1.82) is 0 Å². The average molecular weight is 208 g/mol. The van der Waals surface area contributed by atoms with Crippen molar-refractivity contribution in [2.24, 2.45) is 0 Å². The second-order valence-corrected chi connectivity index (χ2v) is 3.54. The fraction of sp³-hybridized carbons (Fsp3) is 0.417. The Morgan fingerprint density at radius 3 is 2.67 bits per heavy atom. The van der Waals surface area contributed by atoms with E-state index in [1.807, 2.05) is 32.0 Å². The molecule has 0 fully saturated rings. The van der Waals surface area contributed by atoms with E-state index in [-0.39, 0.29) is 0 Å². The zero-order chi connectivity index (χ0) is 11.4. The summed E-state index contributed by atoms with van der Waals surface area (Å²) in [5, 5.41) is 9.06. The molecule has 1 unspecified atom stereocenters. The van der Waals surface area contributed by atoms with Gasteiger partial charge in [0.2, 0.25) is 0 Å². The summed E-state index contributed by atoms with van der Waals surface area (Å²) >= 11 is 0. The fourth-order valence-electron chi connectivity index (χ4n) is 1.63. The van der Waals surface area contributed by atoms with E-state index in [2.05, 4.69) is 0 Å². The van der Waals surface area contributed by atoms with Gasteiger partial charge in [-0.3, -0.25) is 4.79 Å². The minimum Gasteiger partial charge on any atom is -0.496 e. The molecule has 82 valence electrons. The molecule has 15 heavy (non-hydrogen) atoms. The van der Waals surface area contributed by atoms with E-state index < -0.39 is 11.9 Å². The lowest BCUT2D eigenvalue weighted by Crippen LogP contribution is -2.11. The van der Waals surface area contributed by atoms with Gasteiger partial charge in [-0.1, -0.05) is 19.1 Å². The van der Waals surface area contributed by atoms with Crippen molar-refractivity contribution in [3.63, 3.8) is 0 Å². The van der Waals surface area contributed by atoms with Gasteiger partial charge in [-0.05, 0) is 25.0 Å². The molecule has 0 aliphatic carbocycles. The predicted molar refractivity (Wildman–Crippen MR) is 58.4 cm³/mol. The van der Waals surface area contributed by atoms with E-state index in [1.54, 1.807) is 7.11 Å². The van der Waals surface area contributed by atoms with Crippen LogP contribution in [-0.4, -0.2) is 18.2 Å². The molecule has 1 N–H and O–H groups in total. The van der Waals surface area contributed by atoms with Crippen LogP contribution in [0.15, 0.2) is 18.2 Å². The van der Waals surface area contributed by atoms with Gasteiger partial charge in [0.15, 0.2) is 0 Å². The van der Waals surface area contributed by atoms with Gasteiger partial charge < -0.3 is 9.84 Å². The van der Waals surface area contributed by atoms with Crippen LogP contribution in [0.4, 0.5) is 0 Å². The highest BCUT2D eigenvalue weighted by molar-refractivity contribution is 5.77. The maximum Gasteiger partial charge on any atom is 0.311 e. The van der Waals surface area contributed by atoms with Crippen molar-refractivity contribution in [3.05, 3.63) is 29.3 Å². The number of carboxylic acid groups (broad SMARTS) is 1. The lowest BCUT2D eigenvalue weighted by atomic mass is 9.95. The van der Waals surface area contributed by atoms with Gasteiger partial charge in [0.05, 0.1) is 13.0 Å². The number of methoxy groups -OCH3 is 1. The summed E-state index contributed by atoms with van der Waals surface area (Å²) in [5.41, 5.74) is 1.81. The second kappa shape index (κ2) is 4.82. The third-order valence-electron chi connectivity index (χ3n) is 2.47. The van der Waals surface area contributed by atoms with Gasteiger partial charge in [0.25, 0.3) is 0 Å². The zero-order valence-corrected chi connectivity index (χ0v) is 9.28. The number of aliphatic carboxylic acids is 1. The second-order valence-electron chi connectivity index (χ2n) is 3.54. The van der Waals surface area contributed by atoms with Crippen LogP contribution in [0, 0.1) is 6.92 Å². The Kier molecular flexibility index (Phi) is 3.72. The summed E-state index contributed by atoms with van der Waals surface area (Å²) in [6.45, 7) is 3.81. The Labute approximate surface area is 89.7 Å². The number of benzene rings is 1. The Morgan fingerprint density at radius 2 is 2.20 bits per heavy atom. The Bertz CT molecular complexity index is 358. The molecular formula is C12H16O3. The third-order valence-corrected chi connectivity index (χ3v) is 2.47. The lowest BCUT2D eigenvalue weighted by Gasteiger charge is -2.14. The van der Waals surface area contributed by atoms with Crippen molar-refractivity contribution in [2.45, 2.75) is 26.2 Å². The number of hydrogen-bond acceptors (Lipinski definition) is 2. The summed E-state index contributed by atoms with van der Waals surface area (Å²) in [4.78, 5) is 11.0. The molecule has 0 aromatic heterocycles. The third kappa shape index (κ3) is 2.49. The van der Waals surface area contributed by atoms with E-state index in [9.17, 15) is 4.79 Å². The highest BCUT2D eigenvalue weighted by Gasteiger charge is 2.21. The monoisotopic (exact) mass is 208 g/mol. The molecule has 1 aromatic carbocycles. The van der Waals surface area contributed by atoms with Crippen LogP contribution in [0.1, 0.15) is 30.4 Å². The van der Waals surface area contributed by atoms with Crippen molar-refractivity contribution in [2.75, 3.05) is 7.11 Å². The maximum absolute atomic E-state index is 11.0.